The van der Waals surface area contributed by atoms with Crippen LogP contribution in [0.3, 0.4) is 0 Å². The number of rotatable bonds is 6. The van der Waals surface area contributed by atoms with Crippen molar-refractivity contribution in [2.24, 2.45) is 0 Å². The quantitative estimate of drug-likeness (QED) is 0.620. The van der Waals surface area contributed by atoms with E-state index in [0.29, 0.717) is 46.9 Å². The Kier molecular flexibility index (Phi) is 5.66. The van der Waals surface area contributed by atoms with Crippen LogP contribution < -0.4 is 5.32 Å². The predicted octanol–water partition coefficient (Wildman–Crippen LogP) is 4.20. The maximum atomic E-state index is 13.5. The van der Waals surface area contributed by atoms with E-state index in [1.54, 1.807) is 13.0 Å². The number of anilines is 1. The summed E-state index contributed by atoms with van der Waals surface area (Å²) >= 11 is 0. The molecule has 0 fully saturated rings. The normalized spacial score (nSPS) is 13.2. The summed E-state index contributed by atoms with van der Waals surface area (Å²) in [6.45, 7) is 5.86. The third-order valence-electron chi connectivity index (χ3n) is 5.59. The van der Waals surface area contributed by atoms with Crippen LogP contribution >= 0.6 is 0 Å². The second-order valence-electron chi connectivity index (χ2n) is 7.64. The molecule has 0 bridgehead atoms. The molecule has 1 aliphatic heterocycles. The zero-order chi connectivity index (χ0) is 21.1. The largest absolute Gasteiger partial charge is 0.442 e. The van der Waals surface area contributed by atoms with Gasteiger partial charge in [-0.1, -0.05) is 25.8 Å². The first-order valence-corrected chi connectivity index (χ1v) is 10.4. The number of aromatic nitrogens is 2. The fourth-order valence-electron chi connectivity index (χ4n) is 3.97. The van der Waals surface area contributed by atoms with Crippen molar-refractivity contribution in [1.29, 1.82) is 5.26 Å². The summed E-state index contributed by atoms with van der Waals surface area (Å²) < 4.78 is 5.80. The summed E-state index contributed by atoms with van der Waals surface area (Å²) in [4.78, 5) is 23.9. The first-order valence-electron chi connectivity index (χ1n) is 10.4. The van der Waals surface area contributed by atoms with Crippen molar-refractivity contribution in [3.05, 3.63) is 52.5 Å². The van der Waals surface area contributed by atoms with Gasteiger partial charge in [-0.3, -0.25) is 4.79 Å². The number of nitrogens with one attached hydrogen (secondary N) is 1. The summed E-state index contributed by atoms with van der Waals surface area (Å²) in [5.74, 6) is 1.12. The fourth-order valence-corrected chi connectivity index (χ4v) is 3.97. The molecule has 2 aromatic heterocycles. The number of hydrogen-bond acceptors (Lipinski definition) is 6. The molecule has 0 saturated heterocycles. The SMILES string of the molecule is CCCCCNc1ncnc2oc(C)c(C(=O)N3CCc4cc(C#N)ccc4C3)c12. The van der Waals surface area contributed by atoms with Gasteiger partial charge >= 0.3 is 0 Å². The Labute approximate surface area is 175 Å². The number of nitriles is 1. The lowest BCUT2D eigenvalue weighted by atomic mass is 9.97. The molecule has 3 aromatic rings. The van der Waals surface area contributed by atoms with Crippen LogP contribution in [0, 0.1) is 18.3 Å². The number of unbranched alkanes of at least 4 members (excludes halogenated alkanes) is 2. The Morgan fingerprint density at radius 1 is 1.30 bits per heavy atom. The van der Waals surface area contributed by atoms with E-state index in [2.05, 4.69) is 28.3 Å². The van der Waals surface area contributed by atoms with Crippen molar-refractivity contribution in [3.8, 4) is 6.07 Å². The van der Waals surface area contributed by atoms with E-state index in [-0.39, 0.29) is 5.91 Å². The molecule has 7 nitrogen and oxygen atoms in total. The lowest BCUT2D eigenvalue weighted by molar-refractivity contribution is 0.0734. The number of carbonyl (C=O) groups is 1. The lowest BCUT2D eigenvalue weighted by Crippen LogP contribution is -2.36. The zero-order valence-corrected chi connectivity index (χ0v) is 17.4. The van der Waals surface area contributed by atoms with Crippen molar-refractivity contribution in [2.45, 2.75) is 46.1 Å². The molecule has 0 aliphatic carbocycles. The number of amides is 1. The molecule has 0 saturated carbocycles. The van der Waals surface area contributed by atoms with Crippen LogP contribution in [0.5, 0.6) is 0 Å². The van der Waals surface area contributed by atoms with E-state index < -0.39 is 0 Å². The first-order chi connectivity index (χ1) is 14.6. The number of nitrogens with zero attached hydrogens (tertiary/aromatic N) is 4. The molecular formula is C23H25N5O2. The number of fused-ring (bicyclic) bond motifs is 2. The molecule has 3 heterocycles. The Morgan fingerprint density at radius 2 is 2.17 bits per heavy atom. The van der Waals surface area contributed by atoms with Gasteiger partial charge in [-0.25, -0.2) is 9.97 Å². The maximum Gasteiger partial charge on any atom is 0.258 e. The van der Waals surface area contributed by atoms with Gasteiger partial charge in [0.25, 0.3) is 5.91 Å². The Morgan fingerprint density at radius 3 is 2.97 bits per heavy atom. The molecule has 0 atom stereocenters. The van der Waals surface area contributed by atoms with E-state index >= 15 is 0 Å². The Hall–Kier alpha value is -3.40. The second-order valence-corrected chi connectivity index (χ2v) is 7.64. The standard InChI is InChI=1S/C23H25N5O2/c1-3-4-5-9-25-21-20-19(15(2)30-22(20)27-14-26-21)23(29)28-10-8-17-11-16(12-24)6-7-18(17)13-28/h6-7,11,14H,3-5,8-10,13H2,1-2H3,(H,25,26,27). The first kappa shape index (κ1) is 19.9. The topological polar surface area (TPSA) is 95.1 Å². The van der Waals surface area contributed by atoms with Crippen LogP contribution in [0.25, 0.3) is 11.1 Å². The van der Waals surface area contributed by atoms with Crippen molar-refractivity contribution < 1.29 is 9.21 Å². The zero-order valence-electron chi connectivity index (χ0n) is 17.4. The maximum absolute atomic E-state index is 13.5. The van der Waals surface area contributed by atoms with Crippen LogP contribution in [-0.2, 0) is 13.0 Å². The van der Waals surface area contributed by atoms with Crippen molar-refractivity contribution in [2.75, 3.05) is 18.4 Å². The smallest absolute Gasteiger partial charge is 0.258 e. The predicted molar refractivity (Wildman–Crippen MR) is 114 cm³/mol. The summed E-state index contributed by atoms with van der Waals surface area (Å²) in [5.41, 5.74) is 3.82. The van der Waals surface area contributed by atoms with Crippen molar-refractivity contribution in [1.82, 2.24) is 14.9 Å². The van der Waals surface area contributed by atoms with Crippen LogP contribution in [0.1, 0.15) is 59.0 Å². The number of aryl methyl sites for hydroxylation is 1. The van der Waals surface area contributed by atoms with Crippen molar-refractivity contribution in [3.63, 3.8) is 0 Å². The number of furan rings is 1. The van der Waals surface area contributed by atoms with Crippen LogP contribution in [0.15, 0.2) is 28.9 Å². The third-order valence-corrected chi connectivity index (χ3v) is 5.59. The van der Waals surface area contributed by atoms with Crippen LogP contribution in [0.2, 0.25) is 0 Å². The summed E-state index contributed by atoms with van der Waals surface area (Å²) in [7, 11) is 0. The average Bonchev–Trinajstić information content (AvgIpc) is 3.11. The van der Waals surface area contributed by atoms with Gasteiger partial charge < -0.3 is 14.6 Å². The number of hydrogen-bond donors (Lipinski definition) is 1. The highest BCUT2D eigenvalue weighted by molar-refractivity contribution is 6.10. The molecule has 1 N–H and O–H groups in total. The molecule has 0 unspecified atom stereocenters. The van der Waals surface area contributed by atoms with Gasteiger partial charge in [0, 0.05) is 19.6 Å². The number of carbonyl (C=O) groups excluding carboxylic acids is 1. The van der Waals surface area contributed by atoms with E-state index in [1.807, 2.05) is 17.0 Å². The van der Waals surface area contributed by atoms with E-state index in [9.17, 15) is 4.79 Å². The highest BCUT2D eigenvalue weighted by Gasteiger charge is 2.28. The van der Waals surface area contributed by atoms with Gasteiger partial charge in [0.15, 0.2) is 0 Å². The van der Waals surface area contributed by atoms with Gasteiger partial charge in [0.1, 0.15) is 17.9 Å². The Bertz CT molecular complexity index is 1130. The fraction of sp³-hybridized carbons (Fsp3) is 0.391. The van der Waals surface area contributed by atoms with Gasteiger partial charge in [-0.05, 0) is 43.0 Å². The summed E-state index contributed by atoms with van der Waals surface area (Å²) in [5, 5.41) is 13.1. The van der Waals surface area contributed by atoms with Crippen LogP contribution in [-0.4, -0.2) is 33.9 Å². The molecule has 30 heavy (non-hydrogen) atoms. The molecule has 0 radical (unpaired) electrons. The van der Waals surface area contributed by atoms with Gasteiger partial charge in [0.05, 0.1) is 22.6 Å². The number of benzene rings is 1. The molecule has 1 aromatic carbocycles. The minimum absolute atomic E-state index is 0.0762. The third kappa shape index (κ3) is 3.73. The average molecular weight is 403 g/mol. The van der Waals surface area contributed by atoms with Crippen LogP contribution in [0.4, 0.5) is 5.82 Å². The summed E-state index contributed by atoms with van der Waals surface area (Å²) in [6, 6.07) is 7.84. The lowest BCUT2D eigenvalue weighted by Gasteiger charge is -2.29. The van der Waals surface area contributed by atoms with Gasteiger partial charge in [-0.2, -0.15) is 5.26 Å². The molecule has 4 rings (SSSR count). The molecular weight excluding hydrogens is 378 g/mol. The summed E-state index contributed by atoms with van der Waals surface area (Å²) in [6.07, 6.45) is 5.51. The minimum atomic E-state index is -0.0762. The highest BCUT2D eigenvalue weighted by Crippen LogP contribution is 2.31. The highest BCUT2D eigenvalue weighted by atomic mass is 16.3. The van der Waals surface area contributed by atoms with E-state index in [0.717, 1.165) is 43.4 Å². The second kappa shape index (κ2) is 8.54. The van der Waals surface area contributed by atoms with Gasteiger partial charge in [-0.15, -0.1) is 0 Å². The molecule has 7 heteroatoms. The molecule has 154 valence electrons. The van der Waals surface area contributed by atoms with E-state index in [4.69, 9.17) is 9.68 Å². The van der Waals surface area contributed by atoms with Crippen molar-refractivity contribution >= 4 is 22.8 Å². The monoisotopic (exact) mass is 403 g/mol. The molecule has 0 spiro atoms. The molecule has 1 amide bonds. The Balaban J connectivity index is 1.63. The van der Waals surface area contributed by atoms with Gasteiger partial charge in [0.2, 0.25) is 5.71 Å². The molecule has 1 aliphatic rings. The van der Waals surface area contributed by atoms with E-state index in [1.165, 1.54) is 6.33 Å². The minimum Gasteiger partial charge on any atom is -0.442 e.